The van der Waals surface area contributed by atoms with Crippen molar-refractivity contribution >= 4 is 111 Å². The van der Waals surface area contributed by atoms with E-state index in [-0.39, 0.29) is 135 Å². The molecular weight excluding hydrogens is 1580 g/mol. The Labute approximate surface area is 711 Å². The molecule has 3 saturated heterocycles. The van der Waals surface area contributed by atoms with E-state index in [1.54, 1.807) is 36.5 Å². The fourth-order valence-electron chi connectivity index (χ4n) is 15.0. The predicted octanol–water partition coefficient (Wildman–Crippen LogP) is 0.144. The number of nitrogens with two attached hydrogens (primary N) is 4. The monoisotopic (exact) mass is 1710 g/mol. The van der Waals surface area contributed by atoms with Crippen molar-refractivity contribution in [3.05, 3.63) is 71.9 Å². The van der Waals surface area contributed by atoms with Gasteiger partial charge in [-0.25, -0.2) is 0 Å². The smallest absolute Gasteiger partial charge is 0.303 e. The van der Waals surface area contributed by atoms with Crippen LogP contribution < -0.4 is 76.1 Å². The minimum absolute atomic E-state index is 0.00729. The van der Waals surface area contributed by atoms with Crippen LogP contribution in [0.2, 0.25) is 0 Å². The largest absolute Gasteiger partial charge is 0.481 e. The number of aromatic nitrogens is 1. The Kier molecular flexibility index (Phi) is 44.3. The average Bonchev–Trinajstić information content (AvgIpc) is 1.65. The minimum Gasteiger partial charge on any atom is -0.481 e. The SMILES string of the molecule is CCCC[C@H](NC(=O)[C@@H]1CCCN1C(=O)[C@H](CC(N)=O)NC(=O)[C@H](CC(N)=O)NC(=O)COCCOCCNC(=O)CCCCCCCCCCCCCCC(=O)O)C(=O)N[C@H]1CCC(=O)NCCCC[C@@H](C(C)=O)NC(=O)[C@H](Cc2c[nH]c3ccccc23)NC(=O)[C@H](CCCN=C(N)N)NC(=O)[C@@H](Cc2ccccc2)NC(=O)[C@@H]2C[C@@H](O)CN2C1=O. The van der Waals surface area contributed by atoms with Crippen LogP contribution in [0.1, 0.15) is 211 Å². The maximum Gasteiger partial charge on any atom is 0.303 e. The second-order valence-corrected chi connectivity index (χ2v) is 31.5. The highest BCUT2D eigenvalue weighted by atomic mass is 16.5. The molecule has 0 unspecified atom stereocenters. The van der Waals surface area contributed by atoms with Crippen molar-refractivity contribution in [2.45, 2.75) is 279 Å². The number of nitrogens with one attached hydrogen (secondary N) is 11. The van der Waals surface area contributed by atoms with Crippen molar-refractivity contribution in [2.24, 2.45) is 27.9 Å². The van der Waals surface area contributed by atoms with Crippen LogP contribution in [0.4, 0.5) is 0 Å². The molecule has 0 aliphatic carbocycles. The van der Waals surface area contributed by atoms with Gasteiger partial charge in [0.05, 0.1) is 44.8 Å². The van der Waals surface area contributed by atoms with Crippen LogP contribution in [-0.4, -0.2) is 251 Å². The number of hydrogen-bond donors (Lipinski definition) is 17. The highest BCUT2D eigenvalue weighted by molar-refractivity contribution is 6.01. The number of aliphatic hydroxyl groups excluding tert-OH is 1. The number of Topliss-reactive ketones (excluding diaryl/α,β-unsaturated/α-hetero) is 1. The van der Waals surface area contributed by atoms with E-state index < -0.39 is 194 Å². The molecule has 6 rings (SSSR count). The molecule has 38 heteroatoms. The quantitative estimate of drug-likeness (QED) is 0.0203. The second kappa shape index (κ2) is 54.3. The first kappa shape index (κ1) is 99.7. The van der Waals surface area contributed by atoms with Gasteiger partial charge in [-0.3, -0.25) is 81.7 Å². The molecule has 21 N–H and O–H groups in total. The van der Waals surface area contributed by atoms with Gasteiger partial charge < -0.3 is 111 Å². The van der Waals surface area contributed by atoms with E-state index in [4.69, 9.17) is 37.5 Å². The number of aliphatic hydroxyl groups is 1. The van der Waals surface area contributed by atoms with Gasteiger partial charge in [-0.1, -0.05) is 133 Å². The van der Waals surface area contributed by atoms with Crippen molar-refractivity contribution in [3.63, 3.8) is 0 Å². The molecule has 674 valence electrons. The van der Waals surface area contributed by atoms with Crippen molar-refractivity contribution < 1.29 is 96.4 Å². The summed E-state index contributed by atoms with van der Waals surface area (Å²) in [5, 5.41) is 47.7. The number of rotatable bonds is 47. The number of H-pyrrole nitrogens is 1. The van der Waals surface area contributed by atoms with Crippen LogP contribution in [-0.2, 0) is 99.0 Å². The van der Waals surface area contributed by atoms with E-state index in [0.717, 1.165) is 97.8 Å². The number of ether oxygens (including phenoxy) is 2. The number of aliphatic carboxylic acids is 1. The third kappa shape index (κ3) is 36.3. The number of ketones is 1. The Hall–Kier alpha value is -11.2. The molecule has 0 saturated carbocycles. The van der Waals surface area contributed by atoms with Crippen LogP contribution in [0.15, 0.2) is 65.8 Å². The predicted molar refractivity (Wildman–Crippen MR) is 449 cm³/mol. The molecular formula is C84H128N18O20. The topological polar surface area (TPSA) is 591 Å². The number of hydrogen-bond acceptors (Lipinski definition) is 20. The van der Waals surface area contributed by atoms with Gasteiger partial charge in [0.15, 0.2) is 11.7 Å². The lowest BCUT2D eigenvalue weighted by Gasteiger charge is -2.32. The van der Waals surface area contributed by atoms with Gasteiger partial charge in [-0.05, 0) is 94.7 Å². The lowest BCUT2D eigenvalue weighted by molar-refractivity contribution is -0.144. The molecule has 0 bridgehead atoms. The molecule has 2 aromatic carbocycles. The first-order valence-electron chi connectivity index (χ1n) is 42.8. The summed E-state index contributed by atoms with van der Waals surface area (Å²) in [5.74, 6) is -13.3. The number of aliphatic imine (C=N–C) groups is 1. The Morgan fingerprint density at radius 3 is 1.92 bits per heavy atom. The molecule has 3 aromatic rings. The number of para-hydroxylation sites is 1. The highest BCUT2D eigenvalue weighted by Gasteiger charge is 2.45. The Bertz CT molecular complexity index is 3990. The molecule has 3 aliphatic heterocycles. The lowest BCUT2D eigenvalue weighted by Crippen LogP contribution is -2.60. The summed E-state index contributed by atoms with van der Waals surface area (Å²) in [6, 6.07) is 1.05. The van der Waals surface area contributed by atoms with E-state index in [1.165, 1.54) is 6.92 Å². The summed E-state index contributed by atoms with van der Waals surface area (Å²) in [4.78, 5) is 230. The maximum absolute atomic E-state index is 15.3. The molecule has 0 spiro atoms. The molecule has 4 heterocycles. The van der Waals surface area contributed by atoms with Crippen LogP contribution in [0.3, 0.4) is 0 Å². The van der Waals surface area contributed by atoms with Gasteiger partial charge in [0.2, 0.25) is 82.7 Å². The van der Waals surface area contributed by atoms with Gasteiger partial charge in [0.25, 0.3) is 0 Å². The summed E-state index contributed by atoms with van der Waals surface area (Å²) in [7, 11) is 0. The van der Waals surface area contributed by atoms with Gasteiger partial charge in [-0.2, -0.15) is 0 Å². The van der Waals surface area contributed by atoms with Crippen LogP contribution in [0.25, 0.3) is 10.9 Å². The van der Waals surface area contributed by atoms with Crippen molar-refractivity contribution in [2.75, 3.05) is 59.2 Å². The van der Waals surface area contributed by atoms with E-state index in [2.05, 4.69) is 63.1 Å². The van der Waals surface area contributed by atoms with Gasteiger partial charge in [0, 0.05) is 88.3 Å². The summed E-state index contributed by atoms with van der Waals surface area (Å²) in [6.07, 6.45) is 11.9. The Morgan fingerprint density at radius 2 is 1.25 bits per heavy atom. The van der Waals surface area contributed by atoms with Crippen molar-refractivity contribution in [3.8, 4) is 0 Å². The number of primary amides is 2. The molecule has 122 heavy (non-hydrogen) atoms. The summed E-state index contributed by atoms with van der Waals surface area (Å²) in [6.45, 7) is 2.31. The zero-order valence-corrected chi connectivity index (χ0v) is 70.3. The number of aromatic amines is 1. The summed E-state index contributed by atoms with van der Waals surface area (Å²) < 4.78 is 10.9. The van der Waals surface area contributed by atoms with Gasteiger partial charge in [0.1, 0.15) is 61.0 Å². The first-order chi connectivity index (χ1) is 58.5. The zero-order valence-electron chi connectivity index (χ0n) is 70.3. The molecule has 3 aliphatic rings. The first-order valence-corrected chi connectivity index (χ1v) is 42.8. The van der Waals surface area contributed by atoms with E-state index in [9.17, 15) is 77.0 Å². The van der Waals surface area contributed by atoms with E-state index in [1.807, 2.05) is 31.2 Å². The third-order valence-corrected chi connectivity index (χ3v) is 21.5. The lowest BCUT2D eigenvalue weighted by atomic mass is 10.0. The molecule has 3 fully saturated rings. The molecule has 0 radical (unpaired) electrons. The maximum atomic E-state index is 15.3. The number of carboxylic acids is 1. The van der Waals surface area contributed by atoms with Crippen LogP contribution >= 0.6 is 0 Å². The number of carbonyl (C=O) groups is 16. The molecule has 11 atom stereocenters. The summed E-state index contributed by atoms with van der Waals surface area (Å²) >= 11 is 0. The number of amides is 14. The number of carboxylic acid groups (broad SMARTS) is 1. The summed E-state index contributed by atoms with van der Waals surface area (Å²) in [5.41, 5.74) is 24.3. The number of nitrogens with zero attached hydrogens (tertiary/aromatic N) is 3. The fourth-order valence-corrected chi connectivity index (χ4v) is 15.0. The number of benzene rings is 2. The number of likely N-dealkylation sites (tertiary alicyclic amines) is 1. The van der Waals surface area contributed by atoms with Crippen LogP contribution in [0, 0.1) is 0 Å². The zero-order chi connectivity index (χ0) is 88.9. The number of guanidine groups is 1. The van der Waals surface area contributed by atoms with Crippen molar-refractivity contribution in [1.29, 1.82) is 0 Å². The molecule has 1 aromatic heterocycles. The van der Waals surface area contributed by atoms with Gasteiger partial charge >= 0.3 is 5.97 Å². The standard InChI is InChI=1S/C84H128N18O20/c1-3-4-29-60(96-80(117)67-33-25-41-101(67)83(120)66(49-70(86)106)100-79(116)65(48-69(85)105)93-73(109)52-122-44-43-121-42-40-90-71(107)34-18-13-11-9-7-5-6-8-10-12-14-19-35-74(110)111)75(112)97-62-36-37-72(108)89-38-23-22-30-58(53(2)103)94-78(115)64(46-55-50-92-59-31-21-20-28-57(55)59)98-76(113)61(32-24-39-91-84(87)88)95-77(114)63(45-54-26-16-15-17-27-54)99-81(118)68-47-56(104)51-102(68)82(62)119/h15-17,20-21,26-28,31,50,56,58,60-68,92,104H,3-14,18-19,22-25,29-30,32-49,51-52H2,1-2H3,(H2,85,105)(H2,86,106)(H,89,108)(H,90,107)(H,93,109)(H,94,115)(H,95,114)(H,96,117)(H,97,112)(H,98,113)(H,99,118)(H,100,116)(H,110,111)(H4,87,88,91)/t56-,58+,60+,61+,62+,63-,64+,65+,66+,67+,68+/m1/s1. The Balaban J connectivity index is 1.11. The number of unbranched alkanes of at least 4 members (excludes halogenated alkanes) is 12. The third-order valence-electron chi connectivity index (χ3n) is 21.5. The van der Waals surface area contributed by atoms with E-state index in [0.29, 0.717) is 30.4 Å². The second-order valence-electron chi connectivity index (χ2n) is 31.5. The van der Waals surface area contributed by atoms with E-state index >= 15 is 4.79 Å². The number of carbonyl (C=O) groups excluding carboxylic acids is 15. The highest BCUT2D eigenvalue weighted by Crippen LogP contribution is 2.25. The minimum atomic E-state index is -1.77. The van der Waals surface area contributed by atoms with Crippen LogP contribution in [0.5, 0.6) is 0 Å². The Morgan fingerprint density at radius 1 is 0.623 bits per heavy atom. The van der Waals surface area contributed by atoms with Gasteiger partial charge in [-0.15, -0.1) is 0 Å². The fraction of sp³-hybridized carbons (Fsp3) is 0.631. The molecule has 14 amide bonds. The van der Waals surface area contributed by atoms with Crippen molar-refractivity contribution in [1.82, 2.24) is 68.0 Å². The molecule has 38 nitrogen and oxygen atoms in total. The number of fused-ring (bicyclic) bond motifs is 2. The normalized spacial score (nSPS) is 20.4. The average molecular weight is 1710 g/mol.